The summed E-state index contributed by atoms with van der Waals surface area (Å²) in [5, 5.41) is 8.63. The Morgan fingerprint density at radius 3 is 2.63 bits per heavy atom. The van der Waals surface area contributed by atoms with Crippen LogP contribution in [0.25, 0.3) is 0 Å². The number of carbonyl (C=O) groups excluding carboxylic acids is 1. The molecule has 100 valence electrons. The first-order chi connectivity index (χ1) is 9.06. The van der Waals surface area contributed by atoms with Gasteiger partial charge in [-0.2, -0.15) is 5.26 Å². The summed E-state index contributed by atoms with van der Waals surface area (Å²) in [7, 11) is 1.29. The molecule has 0 spiro atoms. The Morgan fingerprint density at radius 2 is 2.11 bits per heavy atom. The molecule has 0 aromatic heterocycles. The maximum Gasteiger partial charge on any atom is 0.310 e. The van der Waals surface area contributed by atoms with Crippen molar-refractivity contribution in [3.63, 3.8) is 0 Å². The summed E-state index contributed by atoms with van der Waals surface area (Å²) in [6.45, 7) is 0.589. The molecule has 0 bridgehead atoms. The van der Waals surface area contributed by atoms with E-state index in [2.05, 4.69) is 4.74 Å². The van der Waals surface area contributed by atoms with Crippen molar-refractivity contribution in [3.05, 3.63) is 29.3 Å². The summed E-state index contributed by atoms with van der Waals surface area (Å²) < 4.78 is 32.2. The molecule has 0 radical (unpaired) electrons. The molecule has 1 heterocycles. The van der Waals surface area contributed by atoms with E-state index in [1.807, 2.05) is 0 Å². The molecule has 0 amide bonds. The Labute approximate surface area is 109 Å². The van der Waals surface area contributed by atoms with Gasteiger partial charge in [-0.05, 0) is 18.6 Å². The fraction of sp³-hybridized carbons (Fsp3) is 0.385. The van der Waals surface area contributed by atoms with Crippen LogP contribution in [0.2, 0.25) is 0 Å². The molecule has 1 aliphatic rings. The van der Waals surface area contributed by atoms with Gasteiger partial charge in [0.1, 0.15) is 5.69 Å². The highest BCUT2D eigenvalue weighted by molar-refractivity contribution is 5.74. The van der Waals surface area contributed by atoms with Gasteiger partial charge in [0.05, 0.1) is 24.7 Å². The number of esters is 1. The summed E-state index contributed by atoms with van der Waals surface area (Å²) in [4.78, 5) is 12.8. The van der Waals surface area contributed by atoms with Crippen LogP contribution in [0.4, 0.5) is 14.5 Å². The normalized spacial score (nSPS) is 18.2. The van der Waals surface area contributed by atoms with Crippen molar-refractivity contribution in [3.8, 4) is 6.07 Å². The number of benzene rings is 1. The fourth-order valence-corrected chi connectivity index (χ4v) is 2.25. The van der Waals surface area contributed by atoms with Crippen LogP contribution in [-0.4, -0.2) is 26.2 Å². The van der Waals surface area contributed by atoms with Gasteiger partial charge in [0.25, 0.3) is 0 Å². The van der Waals surface area contributed by atoms with Crippen molar-refractivity contribution in [2.45, 2.75) is 6.42 Å². The zero-order valence-electron chi connectivity index (χ0n) is 10.3. The molecule has 1 aliphatic heterocycles. The van der Waals surface area contributed by atoms with Crippen molar-refractivity contribution in [1.29, 1.82) is 5.26 Å². The van der Waals surface area contributed by atoms with E-state index in [-0.39, 0.29) is 29.7 Å². The lowest BCUT2D eigenvalue weighted by Gasteiger charge is -2.19. The molecule has 1 aromatic carbocycles. The number of hydrogen-bond donors (Lipinski definition) is 0. The third-order valence-electron chi connectivity index (χ3n) is 3.18. The number of rotatable bonds is 2. The first kappa shape index (κ1) is 13.3. The molecule has 19 heavy (non-hydrogen) atoms. The Kier molecular flexibility index (Phi) is 3.65. The Hall–Kier alpha value is -2.16. The molecular formula is C13H12F2N2O2. The molecule has 0 saturated carbocycles. The van der Waals surface area contributed by atoms with E-state index in [4.69, 9.17) is 5.26 Å². The quantitative estimate of drug-likeness (QED) is 0.766. The average Bonchev–Trinajstić information content (AvgIpc) is 2.86. The largest absolute Gasteiger partial charge is 0.469 e. The summed E-state index contributed by atoms with van der Waals surface area (Å²) in [5.74, 6) is -2.33. The third kappa shape index (κ3) is 2.50. The number of anilines is 1. The molecule has 1 unspecified atom stereocenters. The van der Waals surface area contributed by atoms with E-state index in [9.17, 15) is 13.6 Å². The second-order valence-electron chi connectivity index (χ2n) is 4.36. The molecule has 1 saturated heterocycles. The summed E-state index contributed by atoms with van der Waals surface area (Å²) in [6, 6.07) is 3.67. The van der Waals surface area contributed by atoms with Crippen LogP contribution in [0.5, 0.6) is 0 Å². The van der Waals surface area contributed by atoms with Gasteiger partial charge in [-0.3, -0.25) is 4.79 Å². The molecule has 0 N–H and O–H groups in total. The fourth-order valence-electron chi connectivity index (χ4n) is 2.25. The van der Waals surface area contributed by atoms with E-state index >= 15 is 0 Å². The first-order valence-corrected chi connectivity index (χ1v) is 5.78. The summed E-state index contributed by atoms with van der Waals surface area (Å²) >= 11 is 0. The van der Waals surface area contributed by atoms with Crippen LogP contribution in [0, 0.1) is 28.9 Å². The predicted molar refractivity (Wildman–Crippen MR) is 63.4 cm³/mol. The standard InChI is InChI=1S/C13H12F2N2O2/c1-19-13(18)9-2-3-17(7-9)12-10(14)4-8(6-16)5-11(12)15/h4-5,9H,2-3,7H2,1H3. The monoisotopic (exact) mass is 266 g/mol. The molecule has 1 atom stereocenters. The van der Waals surface area contributed by atoms with Gasteiger partial charge in [0, 0.05) is 13.1 Å². The maximum absolute atomic E-state index is 13.8. The van der Waals surface area contributed by atoms with Crippen LogP contribution < -0.4 is 4.90 Å². The molecule has 4 nitrogen and oxygen atoms in total. The molecule has 6 heteroatoms. The smallest absolute Gasteiger partial charge is 0.310 e. The molecule has 0 aliphatic carbocycles. The van der Waals surface area contributed by atoms with Crippen molar-refractivity contribution in [1.82, 2.24) is 0 Å². The van der Waals surface area contributed by atoms with E-state index in [0.29, 0.717) is 13.0 Å². The lowest BCUT2D eigenvalue weighted by Crippen LogP contribution is -2.25. The molecule has 2 rings (SSSR count). The molecule has 1 aromatic rings. The average molecular weight is 266 g/mol. The van der Waals surface area contributed by atoms with Gasteiger partial charge in [-0.25, -0.2) is 8.78 Å². The second kappa shape index (κ2) is 5.22. The highest BCUT2D eigenvalue weighted by atomic mass is 19.1. The van der Waals surface area contributed by atoms with E-state index in [0.717, 1.165) is 12.1 Å². The van der Waals surface area contributed by atoms with Crippen molar-refractivity contribution < 1.29 is 18.3 Å². The Morgan fingerprint density at radius 1 is 1.47 bits per heavy atom. The van der Waals surface area contributed by atoms with E-state index in [1.54, 1.807) is 6.07 Å². The van der Waals surface area contributed by atoms with Gasteiger partial charge in [0.2, 0.25) is 0 Å². The van der Waals surface area contributed by atoms with Gasteiger partial charge < -0.3 is 9.64 Å². The van der Waals surface area contributed by atoms with E-state index in [1.165, 1.54) is 12.0 Å². The summed E-state index contributed by atoms with van der Waals surface area (Å²) in [5.41, 5.74) is -0.257. The molecule has 1 fully saturated rings. The number of hydrogen-bond acceptors (Lipinski definition) is 4. The minimum absolute atomic E-state index is 0.0672. The minimum atomic E-state index is -0.790. The van der Waals surface area contributed by atoms with Crippen LogP contribution in [0.3, 0.4) is 0 Å². The van der Waals surface area contributed by atoms with Gasteiger partial charge in [-0.15, -0.1) is 0 Å². The van der Waals surface area contributed by atoms with Gasteiger partial charge in [-0.1, -0.05) is 0 Å². The van der Waals surface area contributed by atoms with Crippen molar-refractivity contribution >= 4 is 11.7 Å². The number of methoxy groups -OCH3 is 1. The zero-order valence-corrected chi connectivity index (χ0v) is 10.3. The maximum atomic E-state index is 13.8. The molecular weight excluding hydrogens is 254 g/mol. The first-order valence-electron chi connectivity index (χ1n) is 5.78. The summed E-state index contributed by atoms with van der Waals surface area (Å²) in [6.07, 6.45) is 0.492. The van der Waals surface area contributed by atoms with Crippen LogP contribution in [0.1, 0.15) is 12.0 Å². The Balaban J connectivity index is 2.25. The number of nitriles is 1. The predicted octanol–water partition coefficient (Wildman–Crippen LogP) is 1.84. The van der Waals surface area contributed by atoms with Crippen LogP contribution in [-0.2, 0) is 9.53 Å². The third-order valence-corrected chi connectivity index (χ3v) is 3.18. The Bertz CT molecular complexity index is 531. The number of ether oxygens (including phenoxy) is 1. The van der Waals surface area contributed by atoms with Gasteiger partial charge in [0.15, 0.2) is 11.6 Å². The number of carbonyl (C=O) groups is 1. The number of halogens is 2. The van der Waals surface area contributed by atoms with Crippen LogP contribution in [0.15, 0.2) is 12.1 Å². The topological polar surface area (TPSA) is 53.3 Å². The zero-order chi connectivity index (χ0) is 14.0. The van der Waals surface area contributed by atoms with Crippen molar-refractivity contribution in [2.24, 2.45) is 5.92 Å². The lowest BCUT2D eigenvalue weighted by molar-refractivity contribution is -0.144. The SMILES string of the molecule is COC(=O)C1CCN(c2c(F)cc(C#N)cc2F)C1. The highest BCUT2D eigenvalue weighted by Crippen LogP contribution is 2.30. The van der Waals surface area contributed by atoms with E-state index < -0.39 is 11.6 Å². The van der Waals surface area contributed by atoms with Crippen LogP contribution >= 0.6 is 0 Å². The number of nitrogens with zero attached hydrogens (tertiary/aromatic N) is 2. The van der Waals surface area contributed by atoms with Gasteiger partial charge >= 0.3 is 5.97 Å². The minimum Gasteiger partial charge on any atom is -0.469 e. The second-order valence-corrected chi connectivity index (χ2v) is 4.36. The lowest BCUT2D eigenvalue weighted by atomic mass is 10.1. The highest BCUT2D eigenvalue weighted by Gasteiger charge is 2.31. The van der Waals surface area contributed by atoms with Crippen molar-refractivity contribution in [2.75, 3.05) is 25.1 Å².